The van der Waals surface area contributed by atoms with Crippen LogP contribution in [0.15, 0.2) is 151 Å². The molecule has 7 aromatic rings. The van der Waals surface area contributed by atoms with Crippen molar-refractivity contribution in [1.82, 2.24) is 43.4 Å². The minimum atomic E-state index is -0.247. The van der Waals surface area contributed by atoms with Gasteiger partial charge in [-0.25, -0.2) is 9.97 Å². The summed E-state index contributed by atoms with van der Waals surface area (Å²) in [5, 5.41) is 3.41. The number of aromatic nitrogens is 5. The number of aryl methyl sites for hydroxylation is 1. The number of likely N-dealkylation sites (tertiary alicyclic amines) is 1. The van der Waals surface area contributed by atoms with Crippen LogP contribution >= 0.6 is 0 Å². The zero-order chi connectivity index (χ0) is 53.2. The number of piperidine rings is 2. The number of nitrogens with zero attached hydrogens (tertiary/aromatic N) is 8. The molecular weight excluding hydrogens is 947 g/mol. The average molecular weight is 1030 g/mol. The highest BCUT2D eigenvalue weighted by atomic mass is 16.7. The minimum absolute atomic E-state index is 0.0554. The summed E-state index contributed by atoms with van der Waals surface area (Å²) in [6, 6.07) is 32.4. The fraction of sp³-hybridized carbons (Fsp3) is 0.429. The molecular formula is C63H81N9O4. The van der Waals surface area contributed by atoms with Crippen LogP contribution in [-0.4, -0.2) is 137 Å². The molecule has 10 rings (SSSR count). The molecule has 76 heavy (non-hydrogen) atoms. The zero-order valence-corrected chi connectivity index (χ0v) is 45.9. The number of ether oxygens (including phenoxy) is 2. The summed E-state index contributed by atoms with van der Waals surface area (Å²) in [7, 11) is 8.61. The fourth-order valence-electron chi connectivity index (χ4n) is 10.9. The van der Waals surface area contributed by atoms with Crippen molar-refractivity contribution in [3.05, 3.63) is 162 Å². The van der Waals surface area contributed by atoms with Crippen LogP contribution in [0, 0.1) is 17.8 Å². The summed E-state index contributed by atoms with van der Waals surface area (Å²) in [6.45, 7) is 14.1. The highest BCUT2D eigenvalue weighted by Gasteiger charge is 2.22. The van der Waals surface area contributed by atoms with Gasteiger partial charge in [0.2, 0.25) is 0 Å². The smallest absolute Gasteiger partial charge is 0.251 e. The van der Waals surface area contributed by atoms with Crippen LogP contribution in [0.25, 0.3) is 50.5 Å². The van der Waals surface area contributed by atoms with Crippen LogP contribution < -0.4 is 10.9 Å². The Morgan fingerprint density at radius 1 is 0.684 bits per heavy atom. The van der Waals surface area contributed by atoms with E-state index in [1.165, 1.54) is 58.4 Å². The van der Waals surface area contributed by atoms with Crippen molar-refractivity contribution in [3.8, 4) is 33.6 Å². The van der Waals surface area contributed by atoms with E-state index >= 15 is 0 Å². The van der Waals surface area contributed by atoms with E-state index in [0.29, 0.717) is 26.1 Å². The molecule has 0 spiro atoms. The summed E-state index contributed by atoms with van der Waals surface area (Å²) >= 11 is 0. The molecule has 5 aromatic heterocycles. The first kappa shape index (κ1) is 55.9. The third kappa shape index (κ3) is 15.6. The average Bonchev–Trinajstić information content (AvgIpc) is 4.07. The maximum atomic E-state index is 12.8. The Kier molecular flexibility index (Phi) is 20.7. The molecule has 1 aliphatic carbocycles. The normalized spacial score (nSPS) is 18.0. The lowest BCUT2D eigenvalue weighted by molar-refractivity contribution is -0.142. The Hall–Kier alpha value is -6.32. The van der Waals surface area contributed by atoms with Crippen LogP contribution in [0.4, 0.5) is 0 Å². The van der Waals surface area contributed by atoms with Crippen molar-refractivity contribution in [1.29, 1.82) is 0 Å². The molecule has 1 N–H and O–H groups in total. The van der Waals surface area contributed by atoms with Crippen molar-refractivity contribution >= 4 is 22.7 Å². The monoisotopic (exact) mass is 1030 g/mol. The predicted molar refractivity (Wildman–Crippen MR) is 309 cm³/mol. The molecule has 402 valence electrons. The first-order valence-corrected chi connectivity index (χ1v) is 27.7. The van der Waals surface area contributed by atoms with Crippen LogP contribution in [0.1, 0.15) is 64.4 Å². The van der Waals surface area contributed by atoms with Gasteiger partial charge < -0.3 is 34.1 Å². The molecule has 0 amide bonds. The molecule has 3 atom stereocenters. The van der Waals surface area contributed by atoms with Gasteiger partial charge in [-0.1, -0.05) is 72.8 Å². The third-order valence-electron chi connectivity index (χ3n) is 14.5. The number of carbonyl (C=O) groups is 1. The highest BCUT2D eigenvalue weighted by Crippen LogP contribution is 2.29. The van der Waals surface area contributed by atoms with E-state index in [2.05, 4.69) is 97.3 Å². The molecule has 0 radical (unpaired) electrons. The van der Waals surface area contributed by atoms with Crippen molar-refractivity contribution in [2.75, 3.05) is 87.2 Å². The lowest BCUT2D eigenvalue weighted by Crippen LogP contribution is -2.40. The van der Waals surface area contributed by atoms with Gasteiger partial charge in [-0.15, -0.1) is 0 Å². The quantitative estimate of drug-likeness (QED) is 0.0786. The van der Waals surface area contributed by atoms with Gasteiger partial charge in [0.15, 0.2) is 12.1 Å². The summed E-state index contributed by atoms with van der Waals surface area (Å²) in [5.74, 6) is 1.64. The number of pyridine rings is 3. The molecule has 7 heterocycles. The molecule has 3 unspecified atom stereocenters. The lowest BCUT2D eigenvalue weighted by atomic mass is 9.89. The number of allylic oxidation sites excluding steroid dienone is 4. The van der Waals surface area contributed by atoms with Crippen molar-refractivity contribution in [2.24, 2.45) is 17.8 Å². The van der Waals surface area contributed by atoms with Crippen molar-refractivity contribution in [3.63, 3.8) is 0 Å². The molecule has 0 bridgehead atoms. The fourth-order valence-corrected chi connectivity index (χ4v) is 10.9. The van der Waals surface area contributed by atoms with Crippen molar-refractivity contribution < 1.29 is 14.3 Å². The van der Waals surface area contributed by atoms with Crippen molar-refractivity contribution in [2.45, 2.75) is 71.6 Å². The van der Waals surface area contributed by atoms with Gasteiger partial charge in [-0.2, -0.15) is 0 Å². The molecule has 2 aromatic carbocycles. The maximum Gasteiger partial charge on any atom is 0.251 e. The SMILES string of the molecule is CCOC(CCC1C=CC(c2ccn3c(-c4ccccc4)cnc3c2)=CC1=O)OCC.CN(C)CC1CCCN(CCCn2ccc(-c3ccn4c(-c5ccccc5)cnc4c3)cc2=O)C1.CN(C)CC1CCCNC1. The Bertz CT molecular complexity index is 3020. The second kappa shape index (κ2) is 28.2. The Morgan fingerprint density at radius 2 is 1.28 bits per heavy atom. The van der Waals surface area contributed by atoms with Crippen LogP contribution in [0.3, 0.4) is 0 Å². The van der Waals surface area contributed by atoms with Gasteiger partial charge in [0.1, 0.15) is 11.3 Å². The topological polar surface area (TPSA) is 114 Å². The van der Waals surface area contributed by atoms with E-state index in [1.807, 2.05) is 122 Å². The van der Waals surface area contributed by atoms with E-state index < -0.39 is 0 Å². The number of fused-ring (bicyclic) bond motifs is 2. The highest BCUT2D eigenvalue weighted by molar-refractivity contribution is 6.03. The van der Waals surface area contributed by atoms with Crippen LogP contribution in [0.2, 0.25) is 0 Å². The van der Waals surface area contributed by atoms with Crippen LogP contribution in [0.5, 0.6) is 0 Å². The molecule has 2 saturated heterocycles. The Morgan fingerprint density at radius 3 is 1.87 bits per heavy atom. The minimum Gasteiger partial charge on any atom is -0.353 e. The third-order valence-corrected chi connectivity index (χ3v) is 14.5. The molecule has 13 heteroatoms. The molecule has 0 saturated carbocycles. The maximum absolute atomic E-state index is 12.8. The number of hydrogen-bond acceptors (Lipinski definition) is 10. The number of hydrogen-bond donors (Lipinski definition) is 1. The van der Waals surface area contributed by atoms with Gasteiger partial charge in [0.05, 0.1) is 23.8 Å². The molecule has 3 aliphatic rings. The predicted octanol–water partition coefficient (Wildman–Crippen LogP) is 10.4. The number of benzene rings is 2. The van der Waals surface area contributed by atoms with Gasteiger partial charge in [-0.05, 0) is 184 Å². The van der Waals surface area contributed by atoms with E-state index in [4.69, 9.17) is 9.47 Å². The lowest BCUT2D eigenvalue weighted by Gasteiger charge is -2.34. The second-order valence-corrected chi connectivity index (χ2v) is 21.0. The summed E-state index contributed by atoms with van der Waals surface area (Å²) < 4.78 is 17.2. The zero-order valence-electron chi connectivity index (χ0n) is 45.9. The van der Waals surface area contributed by atoms with Gasteiger partial charge in [0, 0.05) is 81.1 Å². The first-order chi connectivity index (χ1) is 37.0. The van der Waals surface area contributed by atoms with Gasteiger partial charge in [-0.3, -0.25) is 18.4 Å². The summed E-state index contributed by atoms with van der Waals surface area (Å²) in [4.78, 5) is 41.9. The Balaban J connectivity index is 0.000000171. The Labute approximate surface area is 450 Å². The largest absolute Gasteiger partial charge is 0.353 e. The number of carbonyl (C=O) groups excluding carboxylic acids is 1. The second-order valence-electron chi connectivity index (χ2n) is 21.0. The van der Waals surface area contributed by atoms with Crippen LogP contribution in [-0.2, 0) is 20.8 Å². The molecule has 2 aliphatic heterocycles. The molecule has 13 nitrogen and oxygen atoms in total. The summed E-state index contributed by atoms with van der Waals surface area (Å²) in [6.07, 6.45) is 23.1. The van der Waals surface area contributed by atoms with E-state index in [0.717, 1.165) is 94.0 Å². The van der Waals surface area contributed by atoms with Gasteiger partial charge in [0.25, 0.3) is 5.56 Å². The number of imidazole rings is 2. The van der Waals surface area contributed by atoms with Gasteiger partial charge >= 0.3 is 0 Å². The van der Waals surface area contributed by atoms with E-state index in [-0.39, 0.29) is 23.6 Å². The summed E-state index contributed by atoms with van der Waals surface area (Å²) in [5.41, 5.74) is 9.99. The molecule has 2 fully saturated rings. The standard InChI is InChI=1S/C29H35N5O.C26H28N2O3.C8H18N2/c1-31(2)21-23-8-6-13-32(22-23)14-7-15-33-16-11-26(19-29(33)35)25-12-17-34-27(20-30-28(34)18-25)24-9-4-3-5-10-24;1-3-30-26(31-4-2)13-12-20-10-11-21(16-24(20)29)22-14-15-28-23(18-27-25(28)17-22)19-8-6-5-7-9-19;1-10(2)7-8-4-3-5-9-6-8/h3-5,9-12,16-20,23H,6-8,13-15,21-22H2,1-2H3;5-11,14-18,20,26H,3-4,12-13H2,1-2H3;8-9H,3-7H2,1-2H3. The van der Waals surface area contributed by atoms with E-state index in [1.54, 1.807) is 12.1 Å². The number of nitrogens with one attached hydrogen (secondary N) is 1. The van der Waals surface area contributed by atoms with E-state index in [9.17, 15) is 9.59 Å². The number of ketones is 1. The number of rotatable bonds is 19. The first-order valence-electron chi connectivity index (χ1n) is 27.7.